The Morgan fingerprint density at radius 3 is 2.79 bits per heavy atom. The first kappa shape index (κ1) is 18.4. The van der Waals surface area contributed by atoms with Gasteiger partial charge < -0.3 is 10.3 Å². The molecule has 1 aromatic heterocycles. The summed E-state index contributed by atoms with van der Waals surface area (Å²) < 4.78 is 0. The second kappa shape index (κ2) is 7.97. The van der Waals surface area contributed by atoms with Crippen molar-refractivity contribution in [2.45, 2.75) is 51.5 Å². The molecular weight excluding hydrogens is 350 g/mol. The van der Waals surface area contributed by atoms with E-state index in [2.05, 4.69) is 33.5 Å². The highest BCUT2D eigenvalue weighted by Gasteiger charge is 2.14. The summed E-state index contributed by atoms with van der Waals surface area (Å²) in [5, 5.41) is 3.63. The lowest BCUT2D eigenvalue weighted by atomic mass is 9.89. The van der Waals surface area contributed by atoms with Gasteiger partial charge in [0, 0.05) is 12.8 Å². The van der Waals surface area contributed by atoms with Gasteiger partial charge in [0.2, 0.25) is 5.91 Å². The number of fused-ring (bicyclic) bond motifs is 2. The SMILES string of the molecule is C[C@H](NC(=O)CCc1nc2ccccc2c(=O)[nH]1)c1ccc2c(c1)CCCC2. The van der Waals surface area contributed by atoms with Gasteiger partial charge >= 0.3 is 0 Å². The van der Waals surface area contributed by atoms with Gasteiger partial charge in [0.05, 0.1) is 16.9 Å². The molecule has 0 fully saturated rings. The van der Waals surface area contributed by atoms with Gasteiger partial charge in [-0.2, -0.15) is 0 Å². The van der Waals surface area contributed by atoms with E-state index in [0.29, 0.717) is 23.1 Å². The van der Waals surface area contributed by atoms with Crippen molar-refractivity contribution in [2.75, 3.05) is 0 Å². The summed E-state index contributed by atoms with van der Waals surface area (Å²) >= 11 is 0. The van der Waals surface area contributed by atoms with E-state index in [1.54, 1.807) is 6.07 Å². The fraction of sp³-hybridized carbons (Fsp3) is 0.348. The third kappa shape index (κ3) is 3.98. The summed E-state index contributed by atoms with van der Waals surface area (Å²) in [6, 6.07) is 13.8. The number of aryl methyl sites for hydroxylation is 3. The van der Waals surface area contributed by atoms with Crippen LogP contribution in [0.2, 0.25) is 0 Å². The van der Waals surface area contributed by atoms with Crippen molar-refractivity contribution < 1.29 is 4.79 Å². The van der Waals surface area contributed by atoms with Crippen LogP contribution in [-0.2, 0) is 24.1 Å². The molecule has 5 nitrogen and oxygen atoms in total. The largest absolute Gasteiger partial charge is 0.350 e. The molecule has 28 heavy (non-hydrogen) atoms. The van der Waals surface area contributed by atoms with Crippen LogP contribution in [0.4, 0.5) is 0 Å². The first-order valence-corrected chi connectivity index (χ1v) is 9.99. The number of para-hydroxylation sites is 1. The van der Waals surface area contributed by atoms with Crippen molar-refractivity contribution in [3.63, 3.8) is 0 Å². The fourth-order valence-electron chi connectivity index (χ4n) is 3.90. The topological polar surface area (TPSA) is 74.8 Å². The Labute approximate surface area is 164 Å². The van der Waals surface area contributed by atoms with E-state index in [4.69, 9.17) is 0 Å². The predicted molar refractivity (Wildman–Crippen MR) is 110 cm³/mol. The number of hydrogen-bond acceptors (Lipinski definition) is 3. The molecule has 1 aliphatic rings. The van der Waals surface area contributed by atoms with Gasteiger partial charge in [-0.3, -0.25) is 9.59 Å². The molecule has 0 aliphatic heterocycles. The normalized spacial score (nSPS) is 14.5. The van der Waals surface area contributed by atoms with E-state index in [-0.39, 0.29) is 23.9 Å². The van der Waals surface area contributed by atoms with E-state index < -0.39 is 0 Å². The smallest absolute Gasteiger partial charge is 0.258 e. The molecule has 0 saturated heterocycles. The Bertz CT molecular complexity index is 1070. The number of aromatic amines is 1. The molecule has 0 bridgehead atoms. The van der Waals surface area contributed by atoms with Gasteiger partial charge in [-0.1, -0.05) is 30.3 Å². The lowest BCUT2D eigenvalue weighted by Crippen LogP contribution is -2.27. The van der Waals surface area contributed by atoms with Crippen LogP contribution in [0.3, 0.4) is 0 Å². The van der Waals surface area contributed by atoms with Crippen LogP contribution in [0.25, 0.3) is 10.9 Å². The number of aromatic nitrogens is 2. The second-order valence-corrected chi connectivity index (χ2v) is 7.55. The molecule has 0 unspecified atom stereocenters. The number of nitrogens with zero attached hydrogens (tertiary/aromatic N) is 1. The highest BCUT2D eigenvalue weighted by Crippen LogP contribution is 2.24. The van der Waals surface area contributed by atoms with Crippen LogP contribution in [0, 0.1) is 0 Å². The molecule has 1 heterocycles. The summed E-state index contributed by atoms with van der Waals surface area (Å²) in [5.41, 5.74) is 4.50. The van der Waals surface area contributed by atoms with Gasteiger partial charge in [-0.05, 0) is 61.4 Å². The van der Waals surface area contributed by atoms with Crippen molar-refractivity contribution in [3.8, 4) is 0 Å². The number of hydrogen-bond donors (Lipinski definition) is 2. The third-order valence-corrected chi connectivity index (χ3v) is 5.50. The maximum Gasteiger partial charge on any atom is 0.258 e. The Kier molecular flexibility index (Phi) is 5.24. The van der Waals surface area contributed by atoms with Crippen LogP contribution in [0.15, 0.2) is 47.3 Å². The first-order chi connectivity index (χ1) is 13.6. The minimum absolute atomic E-state index is 0.0386. The van der Waals surface area contributed by atoms with Crippen molar-refractivity contribution >= 4 is 16.8 Å². The van der Waals surface area contributed by atoms with Gasteiger partial charge in [0.25, 0.3) is 5.56 Å². The fourth-order valence-corrected chi connectivity index (χ4v) is 3.90. The summed E-state index contributed by atoms with van der Waals surface area (Å²) in [4.78, 5) is 31.8. The average Bonchev–Trinajstić information content (AvgIpc) is 2.72. The Morgan fingerprint density at radius 1 is 1.14 bits per heavy atom. The summed E-state index contributed by atoms with van der Waals surface area (Å²) in [6.45, 7) is 2.01. The van der Waals surface area contributed by atoms with Gasteiger partial charge in [0.15, 0.2) is 0 Å². The maximum absolute atomic E-state index is 12.4. The zero-order valence-electron chi connectivity index (χ0n) is 16.1. The minimum Gasteiger partial charge on any atom is -0.350 e. The molecule has 144 valence electrons. The molecule has 5 heteroatoms. The molecule has 2 N–H and O–H groups in total. The Balaban J connectivity index is 1.38. The predicted octanol–water partition coefficient (Wildman–Crippen LogP) is 3.61. The maximum atomic E-state index is 12.4. The number of benzene rings is 2. The number of rotatable bonds is 5. The van der Waals surface area contributed by atoms with Gasteiger partial charge in [-0.25, -0.2) is 4.98 Å². The molecular formula is C23H25N3O2. The van der Waals surface area contributed by atoms with Crippen LogP contribution >= 0.6 is 0 Å². The lowest BCUT2D eigenvalue weighted by Gasteiger charge is -2.20. The van der Waals surface area contributed by atoms with Crippen molar-refractivity contribution in [2.24, 2.45) is 0 Å². The van der Waals surface area contributed by atoms with Crippen molar-refractivity contribution in [1.82, 2.24) is 15.3 Å². The molecule has 1 atom stereocenters. The first-order valence-electron chi connectivity index (χ1n) is 9.99. The van der Waals surface area contributed by atoms with Crippen LogP contribution in [0.1, 0.15) is 54.7 Å². The summed E-state index contributed by atoms with van der Waals surface area (Å²) in [6.07, 6.45) is 5.50. The lowest BCUT2D eigenvalue weighted by molar-refractivity contribution is -0.121. The minimum atomic E-state index is -0.163. The van der Waals surface area contributed by atoms with E-state index in [1.165, 1.54) is 24.0 Å². The monoisotopic (exact) mass is 375 g/mol. The number of amides is 1. The van der Waals surface area contributed by atoms with E-state index >= 15 is 0 Å². The quantitative estimate of drug-likeness (QED) is 0.715. The van der Waals surface area contributed by atoms with E-state index in [9.17, 15) is 9.59 Å². The zero-order valence-corrected chi connectivity index (χ0v) is 16.1. The molecule has 1 aliphatic carbocycles. The zero-order chi connectivity index (χ0) is 19.5. The summed E-state index contributed by atoms with van der Waals surface area (Å²) in [7, 11) is 0. The van der Waals surface area contributed by atoms with Crippen LogP contribution < -0.4 is 10.9 Å². The Hall–Kier alpha value is -2.95. The molecule has 2 aromatic carbocycles. The summed E-state index contributed by atoms with van der Waals surface area (Å²) in [5.74, 6) is 0.501. The van der Waals surface area contributed by atoms with E-state index in [1.807, 2.05) is 25.1 Å². The highest BCUT2D eigenvalue weighted by molar-refractivity contribution is 5.78. The number of H-pyrrole nitrogens is 1. The number of carbonyl (C=O) groups is 1. The molecule has 4 rings (SSSR count). The average molecular weight is 375 g/mol. The van der Waals surface area contributed by atoms with Crippen LogP contribution in [0.5, 0.6) is 0 Å². The van der Waals surface area contributed by atoms with Crippen molar-refractivity contribution in [1.29, 1.82) is 0 Å². The highest BCUT2D eigenvalue weighted by atomic mass is 16.1. The van der Waals surface area contributed by atoms with Crippen LogP contribution in [-0.4, -0.2) is 15.9 Å². The van der Waals surface area contributed by atoms with Gasteiger partial charge in [-0.15, -0.1) is 0 Å². The second-order valence-electron chi connectivity index (χ2n) is 7.55. The third-order valence-electron chi connectivity index (χ3n) is 5.50. The standard InChI is InChI=1S/C23H25N3O2/c1-15(17-11-10-16-6-2-3-7-18(16)14-17)24-22(27)13-12-21-25-20-9-5-4-8-19(20)23(28)26-21/h4-5,8-11,14-15H,2-3,6-7,12-13H2,1H3,(H,24,27)(H,25,26,28)/t15-/m0/s1. The van der Waals surface area contributed by atoms with E-state index in [0.717, 1.165) is 18.4 Å². The van der Waals surface area contributed by atoms with Gasteiger partial charge in [0.1, 0.15) is 5.82 Å². The Morgan fingerprint density at radius 2 is 1.93 bits per heavy atom. The molecule has 0 saturated carbocycles. The molecule has 0 spiro atoms. The molecule has 0 radical (unpaired) electrons. The molecule has 1 amide bonds. The van der Waals surface area contributed by atoms with Crippen molar-refractivity contribution in [3.05, 3.63) is 75.3 Å². The number of nitrogens with one attached hydrogen (secondary N) is 2. The number of carbonyl (C=O) groups excluding carboxylic acids is 1. The molecule has 3 aromatic rings.